The minimum absolute atomic E-state index is 0.191. The largest absolute Gasteiger partial charge is 0.197 e. The van der Waals surface area contributed by atoms with Crippen LogP contribution in [-0.4, -0.2) is 0 Å². The molecule has 0 amide bonds. The summed E-state index contributed by atoms with van der Waals surface area (Å²) in [6, 6.07) is 24.3. The molecule has 0 saturated heterocycles. The van der Waals surface area contributed by atoms with Crippen LogP contribution in [0.15, 0.2) is 73.3 Å². The molecule has 2 aromatic rings. The molecule has 0 aliphatic heterocycles. The Kier molecular flexibility index (Phi) is 5.12. The zero-order valence-electron chi connectivity index (χ0n) is 12.4. The second-order valence-electron chi connectivity index (χ2n) is 5.34. The number of nitrogens with zero attached hydrogens (tertiary/aromatic N) is 2. The van der Waals surface area contributed by atoms with Gasteiger partial charge in [-0.05, 0) is 24.0 Å². The summed E-state index contributed by atoms with van der Waals surface area (Å²) in [5.74, 6) is -0.191. The van der Waals surface area contributed by atoms with Crippen molar-refractivity contribution < 1.29 is 0 Å². The highest BCUT2D eigenvalue weighted by Crippen LogP contribution is 2.40. The lowest BCUT2D eigenvalue weighted by atomic mass is 9.69. The van der Waals surface area contributed by atoms with Gasteiger partial charge in [0.15, 0.2) is 5.41 Å². The summed E-state index contributed by atoms with van der Waals surface area (Å²) < 4.78 is 0. The summed E-state index contributed by atoms with van der Waals surface area (Å²) in [5, 5.41) is 19.4. The molecule has 2 nitrogen and oxygen atoms in total. The molecule has 108 valence electrons. The van der Waals surface area contributed by atoms with E-state index in [2.05, 4.69) is 18.7 Å². The van der Waals surface area contributed by atoms with Crippen LogP contribution < -0.4 is 0 Å². The summed E-state index contributed by atoms with van der Waals surface area (Å²) in [6.45, 7) is 3.72. The first-order valence-corrected chi connectivity index (χ1v) is 7.28. The van der Waals surface area contributed by atoms with Crippen LogP contribution in [0.2, 0.25) is 0 Å². The Bertz CT molecular complexity index is 676. The van der Waals surface area contributed by atoms with Gasteiger partial charge in [0, 0.05) is 5.92 Å². The predicted octanol–water partition coefficient (Wildman–Crippen LogP) is 4.62. The minimum Gasteiger partial charge on any atom is -0.197 e. The molecule has 0 heterocycles. The minimum atomic E-state index is -1.10. The van der Waals surface area contributed by atoms with Crippen molar-refractivity contribution in [3.05, 3.63) is 84.4 Å². The van der Waals surface area contributed by atoms with Crippen LogP contribution in [0.25, 0.3) is 0 Å². The van der Waals surface area contributed by atoms with Gasteiger partial charge in [0.1, 0.15) is 0 Å². The van der Waals surface area contributed by atoms with E-state index in [1.165, 1.54) is 0 Å². The normalized spacial score (nSPS) is 11.9. The molecule has 0 saturated carbocycles. The lowest BCUT2D eigenvalue weighted by Gasteiger charge is -2.29. The summed E-state index contributed by atoms with van der Waals surface area (Å²) in [4.78, 5) is 0. The number of hydrogen-bond donors (Lipinski definition) is 0. The van der Waals surface area contributed by atoms with Crippen LogP contribution in [0.1, 0.15) is 23.5 Å². The molecule has 0 aliphatic rings. The molecule has 22 heavy (non-hydrogen) atoms. The van der Waals surface area contributed by atoms with E-state index in [1.807, 2.05) is 60.7 Å². The van der Waals surface area contributed by atoms with Crippen molar-refractivity contribution in [1.29, 1.82) is 10.5 Å². The molecule has 2 rings (SSSR count). The Morgan fingerprint density at radius 1 is 0.955 bits per heavy atom. The number of rotatable bonds is 6. The molecule has 0 N–H and O–H groups in total. The summed E-state index contributed by atoms with van der Waals surface area (Å²) >= 11 is 0. The third-order valence-electron chi connectivity index (χ3n) is 3.94. The highest BCUT2D eigenvalue weighted by atomic mass is 14.5. The molecular weight excluding hydrogens is 268 g/mol. The Labute approximate surface area is 132 Å². The lowest BCUT2D eigenvalue weighted by molar-refractivity contribution is 0.410. The molecule has 1 unspecified atom stereocenters. The Hall–Kier alpha value is -2.84. The van der Waals surface area contributed by atoms with Crippen LogP contribution in [0.4, 0.5) is 0 Å². The average Bonchev–Trinajstić information content (AvgIpc) is 2.60. The third-order valence-corrected chi connectivity index (χ3v) is 3.94. The number of nitriles is 2. The summed E-state index contributed by atoms with van der Waals surface area (Å²) in [6.07, 6.45) is 2.67. The van der Waals surface area contributed by atoms with E-state index >= 15 is 0 Å². The van der Waals surface area contributed by atoms with Crippen molar-refractivity contribution in [1.82, 2.24) is 0 Å². The second kappa shape index (κ2) is 7.25. The number of allylic oxidation sites excluding steroid dienone is 1. The highest BCUT2D eigenvalue weighted by molar-refractivity contribution is 5.34. The fourth-order valence-electron chi connectivity index (χ4n) is 2.75. The maximum absolute atomic E-state index is 9.70. The van der Waals surface area contributed by atoms with E-state index in [0.29, 0.717) is 12.8 Å². The molecule has 2 heteroatoms. The standard InChI is InChI=1S/C20H18N2/c1-2-13-20(15-21,16-22)19(18-11-7-4-8-12-18)14-17-9-5-3-6-10-17/h2-12,19H,1,13-14H2. The van der Waals surface area contributed by atoms with E-state index in [0.717, 1.165) is 11.1 Å². The molecule has 0 bridgehead atoms. The molecule has 2 aromatic carbocycles. The van der Waals surface area contributed by atoms with Crippen molar-refractivity contribution in [2.24, 2.45) is 5.41 Å². The molecule has 0 aliphatic carbocycles. The van der Waals surface area contributed by atoms with Gasteiger partial charge >= 0.3 is 0 Å². The maximum Gasteiger partial charge on any atom is 0.154 e. The Morgan fingerprint density at radius 3 is 2.00 bits per heavy atom. The van der Waals surface area contributed by atoms with Crippen LogP contribution >= 0.6 is 0 Å². The van der Waals surface area contributed by atoms with Crippen molar-refractivity contribution in [2.45, 2.75) is 18.8 Å². The Balaban J connectivity index is 2.48. The highest BCUT2D eigenvalue weighted by Gasteiger charge is 2.39. The van der Waals surface area contributed by atoms with Gasteiger partial charge in [-0.3, -0.25) is 0 Å². The lowest BCUT2D eigenvalue weighted by Crippen LogP contribution is -2.27. The van der Waals surface area contributed by atoms with Crippen LogP contribution in [-0.2, 0) is 6.42 Å². The molecular formula is C20H18N2. The summed E-state index contributed by atoms with van der Waals surface area (Å²) in [7, 11) is 0. The molecule has 0 spiro atoms. The zero-order valence-corrected chi connectivity index (χ0v) is 12.4. The van der Waals surface area contributed by atoms with Gasteiger partial charge in [-0.15, -0.1) is 6.58 Å². The molecule has 0 fully saturated rings. The molecule has 0 radical (unpaired) electrons. The van der Waals surface area contributed by atoms with Crippen LogP contribution in [0.3, 0.4) is 0 Å². The molecule has 0 aromatic heterocycles. The van der Waals surface area contributed by atoms with Crippen LogP contribution in [0.5, 0.6) is 0 Å². The van der Waals surface area contributed by atoms with Gasteiger partial charge in [-0.25, -0.2) is 0 Å². The van der Waals surface area contributed by atoms with Crippen LogP contribution in [0, 0.1) is 28.1 Å². The van der Waals surface area contributed by atoms with Crippen molar-refractivity contribution in [2.75, 3.05) is 0 Å². The average molecular weight is 286 g/mol. The van der Waals surface area contributed by atoms with Crippen molar-refractivity contribution >= 4 is 0 Å². The smallest absolute Gasteiger partial charge is 0.154 e. The van der Waals surface area contributed by atoms with Gasteiger partial charge in [-0.1, -0.05) is 66.7 Å². The quantitative estimate of drug-likeness (QED) is 0.727. The third kappa shape index (κ3) is 3.25. The number of benzene rings is 2. The van der Waals surface area contributed by atoms with Gasteiger partial charge in [-0.2, -0.15) is 10.5 Å². The fraction of sp³-hybridized carbons (Fsp3) is 0.200. The van der Waals surface area contributed by atoms with Gasteiger partial charge in [0.25, 0.3) is 0 Å². The first kappa shape index (κ1) is 15.5. The topological polar surface area (TPSA) is 47.6 Å². The van der Waals surface area contributed by atoms with Gasteiger partial charge in [0.2, 0.25) is 0 Å². The molecule has 1 atom stereocenters. The fourth-order valence-corrected chi connectivity index (χ4v) is 2.75. The van der Waals surface area contributed by atoms with E-state index in [-0.39, 0.29) is 5.92 Å². The van der Waals surface area contributed by atoms with Gasteiger partial charge < -0.3 is 0 Å². The second-order valence-corrected chi connectivity index (χ2v) is 5.34. The summed E-state index contributed by atoms with van der Waals surface area (Å²) in [5.41, 5.74) is 1.03. The monoisotopic (exact) mass is 286 g/mol. The van der Waals surface area contributed by atoms with Crippen molar-refractivity contribution in [3.8, 4) is 12.1 Å². The van der Waals surface area contributed by atoms with E-state index in [9.17, 15) is 10.5 Å². The maximum atomic E-state index is 9.70. The van der Waals surface area contributed by atoms with E-state index in [4.69, 9.17) is 0 Å². The first-order chi connectivity index (χ1) is 10.8. The Morgan fingerprint density at radius 2 is 1.50 bits per heavy atom. The van der Waals surface area contributed by atoms with Gasteiger partial charge in [0.05, 0.1) is 12.1 Å². The van der Waals surface area contributed by atoms with Crippen molar-refractivity contribution in [3.63, 3.8) is 0 Å². The predicted molar refractivity (Wildman–Crippen MR) is 87.8 cm³/mol. The number of hydrogen-bond acceptors (Lipinski definition) is 2. The van der Waals surface area contributed by atoms with E-state index < -0.39 is 5.41 Å². The first-order valence-electron chi connectivity index (χ1n) is 7.28. The SMILES string of the molecule is C=CCC(C#N)(C#N)C(Cc1ccccc1)c1ccccc1. The van der Waals surface area contributed by atoms with E-state index in [1.54, 1.807) is 6.08 Å². The zero-order chi connectivity index (χ0) is 15.8.